The van der Waals surface area contributed by atoms with Crippen molar-refractivity contribution in [2.45, 2.75) is 58.3 Å². The summed E-state index contributed by atoms with van der Waals surface area (Å²) in [4.78, 5) is 42.0. The Morgan fingerprint density at radius 2 is 1.79 bits per heavy atom. The van der Waals surface area contributed by atoms with Gasteiger partial charge in [-0.05, 0) is 75.1 Å². The number of fused-ring (bicyclic) bond motifs is 1. The molecule has 0 radical (unpaired) electrons. The fourth-order valence-corrected chi connectivity index (χ4v) is 5.85. The van der Waals surface area contributed by atoms with Crippen molar-refractivity contribution in [3.63, 3.8) is 0 Å². The minimum absolute atomic E-state index is 0.0227. The summed E-state index contributed by atoms with van der Waals surface area (Å²) in [5.74, 6) is -1.52. The zero-order valence-electron chi connectivity index (χ0n) is 22.1. The largest absolute Gasteiger partial charge is 0.465 e. The third-order valence-corrected chi connectivity index (χ3v) is 7.90. The van der Waals surface area contributed by atoms with Crippen molar-refractivity contribution in [2.75, 3.05) is 19.7 Å². The van der Waals surface area contributed by atoms with E-state index < -0.39 is 17.3 Å². The number of benzene rings is 2. The standard InChI is InChI=1S/C31H37ClN2O4/c1-2-38-30(37)31-19-8-6-13-27(31)34(21-18-24-14-16-25(32)17-15-24)29(36)26(31)22-28(35)33-20-9-7-12-23-10-4-3-5-11-23/h3-5,10-11,13-17,26H,2,6-9,12,18-22H2,1H3,(H,33,35)/t26-,31-/m0/s1. The third kappa shape index (κ3) is 6.29. The van der Waals surface area contributed by atoms with Gasteiger partial charge in [-0.2, -0.15) is 0 Å². The van der Waals surface area contributed by atoms with E-state index in [1.165, 1.54) is 5.56 Å². The molecule has 7 heteroatoms. The van der Waals surface area contributed by atoms with Crippen LogP contribution in [0.25, 0.3) is 0 Å². The molecule has 4 rings (SSSR count). The molecule has 0 saturated carbocycles. The second-order valence-corrected chi connectivity index (χ2v) is 10.5. The Hall–Kier alpha value is -3.12. The molecule has 1 heterocycles. The van der Waals surface area contributed by atoms with Crippen LogP contribution in [-0.4, -0.2) is 42.4 Å². The van der Waals surface area contributed by atoms with Gasteiger partial charge in [-0.3, -0.25) is 14.4 Å². The Morgan fingerprint density at radius 1 is 1.05 bits per heavy atom. The minimum atomic E-state index is -1.10. The molecule has 0 bridgehead atoms. The molecule has 1 N–H and O–H groups in total. The van der Waals surface area contributed by atoms with E-state index >= 15 is 0 Å². The molecule has 0 aromatic heterocycles. The van der Waals surface area contributed by atoms with Crippen LogP contribution in [0.3, 0.4) is 0 Å². The number of unbranched alkanes of at least 4 members (excludes halogenated alkanes) is 1. The number of carbonyl (C=O) groups excluding carboxylic acids is 3. The first-order valence-corrected chi connectivity index (χ1v) is 14.1. The number of nitrogens with zero attached hydrogens (tertiary/aromatic N) is 1. The summed E-state index contributed by atoms with van der Waals surface area (Å²) in [5, 5.41) is 3.64. The van der Waals surface area contributed by atoms with Crippen molar-refractivity contribution < 1.29 is 19.1 Å². The third-order valence-electron chi connectivity index (χ3n) is 7.64. The molecule has 0 unspecified atom stereocenters. The molecule has 2 aromatic carbocycles. The number of esters is 1. The number of nitrogens with one attached hydrogen (secondary N) is 1. The van der Waals surface area contributed by atoms with Gasteiger partial charge in [0.2, 0.25) is 11.8 Å². The highest BCUT2D eigenvalue weighted by atomic mass is 35.5. The molecular formula is C31H37ClN2O4. The molecule has 38 heavy (non-hydrogen) atoms. The van der Waals surface area contributed by atoms with Gasteiger partial charge in [0.25, 0.3) is 0 Å². The first-order chi connectivity index (χ1) is 18.5. The predicted octanol–water partition coefficient (Wildman–Crippen LogP) is 5.49. The Labute approximate surface area is 230 Å². The summed E-state index contributed by atoms with van der Waals surface area (Å²) in [7, 11) is 0. The van der Waals surface area contributed by atoms with Crippen molar-refractivity contribution >= 4 is 29.4 Å². The molecule has 6 nitrogen and oxygen atoms in total. The summed E-state index contributed by atoms with van der Waals surface area (Å²) >= 11 is 6.02. The molecule has 2 aromatic rings. The van der Waals surface area contributed by atoms with Crippen molar-refractivity contribution in [2.24, 2.45) is 11.3 Å². The monoisotopic (exact) mass is 536 g/mol. The van der Waals surface area contributed by atoms with Crippen molar-refractivity contribution in [1.29, 1.82) is 0 Å². The lowest BCUT2D eigenvalue weighted by atomic mass is 9.68. The van der Waals surface area contributed by atoms with Crippen LogP contribution in [0.1, 0.15) is 56.6 Å². The Morgan fingerprint density at radius 3 is 2.53 bits per heavy atom. The number of amides is 2. The molecule has 1 fully saturated rings. The fraction of sp³-hybridized carbons (Fsp3) is 0.452. The average Bonchev–Trinajstić information content (AvgIpc) is 3.17. The van der Waals surface area contributed by atoms with Gasteiger partial charge in [0.15, 0.2) is 0 Å². The molecule has 1 saturated heterocycles. The van der Waals surface area contributed by atoms with E-state index in [1.807, 2.05) is 48.5 Å². The second kappa shape index (κ2) is 13.1. The van der Waals surface area contributed by atoms with Gasteiger partial charge >= 0.3 is 5.97 Å². The van der Waals surface area contributed by atoms with Crippen LogP contribution >= 0.6 is 11.6 Å². The van der Waals surface area contributed by atoms with E-state index in [4.69, 9.17) is 16.3 Å². The maximum absolute atomic E-state index is 13.8. The smallest absolute Gasteiger partial charge is 0.318 e. The van der Waals surface area contributed by atoms with E-state index in [-0.39, 0.29) is 24.8 Å². The number of aryl methyl sites for hydroxylation is 1. The second-order valence-electron chi connectivity index (χ2n) is 10.1. The maximum atomic E-state index is 13.8. The van der Waals surface area contributed by atoms with Gasteiger partial charge < -0.3 is 15.0 Å². The van der Waals surface area contributed by atoms with Crippen LogP contribution < -0.4 is 5.32 Å². The number of rotatable bonds is 12. The quantitative estimate of drug-likeness (QED) is 0.287. The highest BCUT2D eigenvalue weighted by Crippen LogP contribution is 2.53. The fourth-order valence-electron chi connectivity index (χ4n) is 5.73. The van der Waals surface area contributed by atoms with Gasteiger partial charge in [0.05, 0.1) is 12.5 Å². The molecule has 202 valence electrons. The van der Waals surface area contributed by atoms with Crippen LogP contribution in [0.15, 0.2) is 66.4 Å². The van der Waals surface area contributed by atoms with Crippen LogP contribution in [0.4, 0.5) is 0 Å². The molecule has 2 atom stereocenters. The summed E-state index contributed by atoms with van der Waals surface area (Å²) < 4.78 is 5.52. The summed E-state index contributed by atoms with van der Waals surface area (Å²) in [6, 6.07) is 17.8. The number of hydrogen-bond donors (Lipinski definition) is 1. The van der Waals surface area contributed by atoms with E-state index in [2.05, 4.69) is 17.4 Å². The van der Waals surface area contributed by atoms with Gasteiger partial charge in [-0.15, -0.1) is 0 Å². The molecule has 1 aliphatic carbocycles. The van der Waals surface area contributed by atoms with Crippen LogP contribution in [-0.2, 0) is 32.0 Å². The van der Waals surface area contributed by atoms with Crippen LogP contribution in [0.5, 0.6) is 0 Å². The van der Waals surface area contributed by atoms with Gasteiger partial charge in [0, 0.05) is 30.2 Å². The molecule has 2 amide bonds. The van der Waals surface area contributed by atoms with Gasteiger partial charge in [-0.25, -0.2) is 0 Å². The van der Waals surface area contributed by atoms with E-state index in [0.717, 1.165) is 37.7 Å². The van der Waals surface area contributed by atoms with Gasteiger partial charge in [0.1, 0.15) is 5.41 Å². The lowest BCUT2D eigenvalue weighted by Crippen LogP contribution is -2.43. The first kappa shape index (κ1) is 27.9. The number of carbonyl (C=O) groups is 3. The van der Waals surface area contributed by atoms with Crippen molar-refractivity contribution in [3.05, 3.63) is 82.5 Å². The maximum Gasteiger partial charge on any atom is 0.318 e. The average molecular weight is 537 g/mol. The molecule has 0 spiro atoms. The summed E-state index contributed by atoms with van der Waals surface area (Å²) in [6.45, 7) is 2.98. The van der Waals surface area contributed by atoms with E-state index in [1.54, 1.807) is 11.8 Å². The van der Waals surface area contributed by atoms with Crippen LogP contribution in [0, 0.1) is 11.3 Å². The predicted molar refractivity (Wildman–Crippen MR) is 148 cm³/mol. The minimum Gasteiger partial charge on any atom is -0.465 e. The number of hydrogen-bond acceptors (Lipinski definition) is 4. The van der Waals surface area contributed by atoms with Gasteiger partial charge in [-0.1, -0.05) is 60.1 Å². The number of likely N-dealkylation sites (tertiary alicyclic amines) is 1. The lowest BCUT2D eigenvalue weighted by molar-refractivity contribution is -0.158. The normalized spacial score (nSPS) is 20.6. The summed E-state index contributed by atoms with van der Waals surface area (Å²) in [6.07, 6.45) is 7.45. The Bertz CT molecular complexity index is 1150. The highest BCUT2D eigenvalue weighted by molar-refractivity contribution is 6.30. The number of ether oxygens (including phenoxy) is 1. The van der Waals surface area contributed by atoms with Crippen LogP contribution in [0.2, 0.25) is 5.02 Å². The van der Waals surface area contributed by atoms with Crippen molar-refractivity contribution in [1.82, 2.24) is 10.2 Å². The molecule has 1 aliphatic heterocycles. The summed E-state index contributed by atoms with van der Waals surface area (Å²) in [5.41, 5.74) is 1.94. The molecule has 2 aliphatic rings. The topological polar surface area (TPSA) is 75.7 Å². The first-order valence-electron chi connectivity index (χ1n) is 13.7. The Kier molecular flexibility index (Phi) is 9.62. The Balaban J connectivity index is 1.43. The van der Waals surface area contributed by atoms with Crippen molar-refractivity contribution in [3.8, 4) is 0 Å². The molecular weight excluding hydrogens is 500 g/mol. The number of halogens is 1. The SMILES string of the molecule is CCOC(=O)[C@]12CCCC=C1N(CCc1ccc(Cl)cc1)C(=O)[C@@H]2CC(=O)NCCCCc1ccccc1. The zero-order chi connectivity index (χ0) is 27.0. The number of allylic oxidation sites excluding steroid dienone is 1. The zero-order valence-corrected chi connectivity index (χ0v) is 22.8. The lowest BCUT2D eigenvalue weighted by Gasteiger charge is -2.35. The highest BCUT2D eigenvalue weighted by Gasteiger charge is 2.61. The van der Waals surface area contributed by atoms with E-state index in [9.17, 15) is 14.4 Å². The van der Waals surface area contributed by atoms with E-state index in [0.29, 0.717) is 36.7 Å².